The monoisotopic (exact) mass is 470 g/mol. The number of rotatable bonds is 11. The molecule has 0 saturated heterocycles. The van der Waals surface area contributed by atoms with E-state index in [2.05, 4.69) is 53.7 Å². The summed E-state index contributed by atoms with van der Waals surface area (Å²) in [5.41, 5.74) is 8.17. The van der Waals surface area contributed by atoms with E-state index < -0.39 is 12.0 Å². The molecule has 0 radical (unpaired) electrons. The van der Waals surface area contributed by atoms with Gasteiger partial charge in [-0.25, -0.2) is 0 Å². The smallest absolute Gasteiger partial charge is 0.291 e. The highest BCUT2D eigenvalue weighted by Gasteiger charge is 2.31. The Bertz CT molecular complexity index is 984. The van der Waals surface area contributed by atoms with Crippen LogP contribution in [-0.4, -0.2) is 22.3 Å². The number of hydroxylamine groups is 1. The van der Waals surface area contributed by atoms with Gasteiger partial charge in [0.1, 0.15) is 11.5 Å². The Kier molecular flexibility index (Phi) is 9.01. The molecule has 0 aliphatic rings. The number of phenolic OH excluding ortho intramolecular Hbond substituents is 1. The van der Waals surface area contributed by atoms with Crippen molar-refractivity contribution < 1.29 is 19.8 Å². The normalized spacial score (nSPS) is 12.9. The molecule has 2 aromatic rings. The number of benzene rings is 2. The maximum absolute atomic E-state index is 13.3. The van der Waals surface area contributed by atoms with Crippen LogP contribution in [0.5, 0.6) is 11.5 Å². The fourth-order valence-electron chi connectivity index (χ4n) is 3.69. The summed E-state index contributed by atoms with van der Waals surface area (Å²) < 4.78 is 6.36. The van der Waals surface area contributed by atoms with E-state index in [-0.39, 0.29) is 28.0 Å². The molecule has 1 unspecified atom stereocenters. The van der Waals surface area contributed by atoms with E-state index in [0.717, 1.165) is 31.2 Å². The summed E-state index contributed by atoms with van der Waals surface area (Å²) in [5.74, 6) is -0.0164. The second-order valence-electron chi connectivity index (χ2n) is 10.3. The highest BCUT2D eigenvalue weighted by Crippen LogP contribution is 2.39. The molecule has 6 heteroatoms. The third-order valence-electron chi connectivity index (χ3n) is 7.09. The van der Waals surface area contributed by atoms with Crippen molar-refractivity contribution in [2.24, 2.45) is 0 Å². The Morgan fingerprint density at radius 3 is 2.24 bits per heavy atom. The fraction of sp³-hybridized carbons (Fsp3) is 0.536. The molecule has 2 rings (SSSR count). The Morgan fingerprint density at radius 2 is 1.68 bits per heavy atom. The minimum Gasteiger partial charge on any atom is -0.506 e. The van der Waals surface area contributed by atoms with Crippen LogP contribution in [0.25, 0.3) is 0 Å². The number of carbonyl (C=O) groups is 1. The van der Waals surface area contributed by atoms with Crippen LogP contribution in [0.2, 0.25) is 0 Å². The molecule has 34 heavy (non-hydrogen) atoms. The summed E-state index contributed by atoms with van der Waals surface area (Å²) >= 11 is 0. The molecule has 2 aromatic carbocycles. The number of anilines is 2. The first-order valence-electron chi connectivity index (χ1n) is 12.3. The van der Waals surface area contributed by atoms with E-state index in [0.29, 0.717) is 17.2 Å². The molecule has 4 N–H and O–H groups in total. The molecule has 188 valence electrons. The first-order chi connectivity index (χ1) is 15.9. The predicted molar refractivity (Wildman–Crippen MR) is 139 cm³/mol. The van der Waals surface area contributed by atoms with Gasteiger partial charge in [-0.05, 0) is 66.3 Å². The third-order valence-corrected chi connectivity index (χ3v) is 7.09. The first-order valence-corrected chi connectivity index (χ1v) is 12.3. The van der Waals surface area contributed by atoms with Crippen molar-refractivity contribution in [3.63, 3.8) is 0 Å². The van der Waals surface area contributed by atoms with Gasteiger partial charge in [0.15, 0.2) is 6.10 Å². The van der Waals surface area contributed by atoms with E-state index >= 15 is 0 Å². The lowest BCUT2D eigenvalue weighted by Crippen LogP contribution is -2.40. The molecule has 0 aliphatic heterocycles. The predicted octanol–water partition coefficient (Wildman–Crippen LogP) is 6.71. The van der Waals surface area contributed by atoms with Crippen molar-refractivity contribution in [2.75, 3.05) is 10.8 Å². The van der Waals surface area contributed by atoms with E-state index in [9.17, 15) is 15.1 Å². The van der Waals surface area contributed by atoms with Gasteiger partial charge >= 0.3 is 0 Å². The topological polar surface area (TPSA) is 96.0 Å². The van der Waals surface area contributed by atoms with Crippen LogP contribution in [0, 0.1) is 0 Å². The zero-order chi connectivity index (χ0) is 25.7. The molecule has 1 atom stereocenters. The standard InChI is InChI=1S/C28H42N2O4/c1-8-11-12-25(26(32)30(33)20-14-15-23(31)22(29)18-20)34-24-16-13-19(27(4,5)9-2)17-21(24)28(6,7)10-3/h13-18,25,31,33H,8-12,29H2,1-7H3. The van der Waals surface area contributed by atoms with Crippen molar-refractivity contribution in [1.82, 2.24) is 0 Å². The molecule has 1 amide bonds. The van der Waals surface area contributed by atoms with Crippen molar-refractivity contribution >= 4 is 17.3 Å². The van der Waals surface area contributed by atoms with Crippen molar-refractivity contribution in [1.29, 1.82) is 0 Å². The number of amides is 1. The zero-order valence-electron chi connectivity index (χ0n) is 21.8. The number of hydrogen-bond acceptors (Lipinski definition) is 5. The molecule has 0 fully saturated rings. The van der Waals surface area contributed by atoms with Gasteiger partial charge in [0, 0.05) is 5.56 Å². The molecule has 6 nitrogen and oxygen atoms in total. The largest absolute Gasteiger partial charge is 0.506 e. The number of aromatic hydroxyl groups is 1. The average Bonchev–Trinajstić information content (AvgIpc) is 2.82. The number of nitrogen functional groups attached to an aromatic ring is 1. The van der Waals surface area contributed by atoms with Gasteiger partial charge in [-0.2, -0.15) is 5.06 Å². The van der Waals surface area contributed by atoms with Crippen molar-refractivity contribution in [3.05, 3.63) is 47.5 Å². The van der Waals surface area contributed by atoms with Gasteiger partial charge in [-0.3, -0.25) is 10.0 Å². The Labute approximate surface area is 204 Å². The number of nitrogens with zero attached hydrogens (tertiary/aromatic N) is 1. The maximum Gasteiger partial charge on any atom is 0.291 e. The number of hydrogen-bond donors (Lipinski definition) is 3. The minimum atomic E-state index is -0.864. The van der Waals surface area contributed by atoms with E-state index in [1.807, 2.05) is 13.0 Å². The zero-order valence-corrected chi connectivity index (χ0v) is 21.8. The van der Waals surface area contributed by atoms with Gasteiger partial charge in [-0.15, -0.1) is 0 Å². The molecule has 0 bridgehead atoms. The number of unbranched alkanes of at least 4 members (excludes halogenated alkanes) is 1. The molecule has 0 aromatic heterocycles. The molecular weight excluding hydrogens is 428 g/mol. The highest BCUT2D eigenvalue weighted by molar-refractivity contribution is 5.95. The number of ether oxygens (including phenoxy) is 1. The minimum absolute atomic E-state index is 0.0230. The summed E-state index contributed by atoms with van der Waals surface area (Å²) in [6.07, 6.45) is 3.18. The summed E-state index contributed by atoms with van der Waals surface area (Å²) in [7, 11) is 0. The highest BCUT2D eigenvalue weighted by atomic mass is 16.5. The molecular formula is C28H42N2O4. The van der Waals surface area contributed by atoms with Gasteiger partial charge < -0.3 is 15.6 Å². The molecule has 0 saturated carbocycles. The summed E-state index contributed by atoms with van der Waals surface area (Å²) in [6.45, 7) is 15.2. The molecule has 0 heterocycles. The molecule has 0 spiro atoms. The quantitative estimate of drug-likeness (QED) is 0.147. The third kappa shape index (κ3) is 6.23. The Hall–Kier alpha value is -2.73. The van der Waals surface area contributed by atoms with Crippen molar-refractivity contribution in [2.45, 2.75) is 97.5 Å². The van der Waals surface area contributed by atoms with Gasteiger partial charge in [0.25, 0.3) is 5.91 Å². The van der Waals surface area contributed by atoms with E-state index in [4.69, 9.17) is 10.5 Å². The lowest BCUT2D eigenvalue weighted by Gasteiger charge is -2.32. The van der Waals surface area contributed by atoms with Crippen LogP contribution in [0.15, 0.2) is 36.4 Å². The van der Waals surface area contributed by atoms with Crippen LogP contribution in [0.1, 0.15) is 91.7 Å². The Balaban J connectivity index is 2.46. The number of phenols is 1. The van der Waals surface area contributed by atoms with Crippen molar-refractivity contribution in [3.8, 4) is 11.5 Å². The van der Waals surface area contributed by atoms with E-state index in [1.165, 1.54) is 23.8 Å². The molecule has 0 aliphatic carbocycles. The maximum atomic E-state index is 13.3. The Morgan fingerprint density at radius 1 is 1.03 bits per heavy atom. The van der Waals surface area contributed by atoms with Crippen LogP contribution in [-0.2, 0) is 15.6 Å². The van der Waals surface area contributed by atoms with Gasteiger partial charge in [0.2, 0.25) is 0 Å². The lowest BCUT2D eigenvalue weighted by molar-refractivity contribution is -0.131. The second-order valence-corrected chi connectivity index (χ2v) is 10.3. The van der Waals surface area contributed by atoms with Crippen LogP contribution in [0.4, 0.5) is 11.4 Å². The van der Waals surface area contributed by atoms with Crippen LogP contribution >= 0.6 is 0 Å². The number of nitrogens with two attached hydrogens (primary N) is 1. The first kappa shape index (κ1) is 27.5. The summed E-state index contributed by atoms with van der Waals surface area (Å²) in [5, 5.41) is 20.9. The van der Waals surface area contributed by atoms with Gasteiger partial charge in [-0.1, -0.05) is 67.0 Å². The van der Waals surface area contributed by atoms with Crippen LogP contribution < -0.4 is 15.5 Å². The fourth-order valence-corrected chi connectivity index (χ4v) is 3.69. The summed E-state index contributed by atoms with van der Waals surface area (Å²) in [4.78, 5) is 13.3. The van der Waals surface area contributed by atoms with Crippen LogP contribution in [0.3, 0.4) is 0 Å². The number of carbonyl (C=O) groups excluding carboxylic acids is 1. The second kappa shape index (κ2) is 11.1. The average molecular weight is 471 g/mol. The SMILES string of the molecule is CCCCC(Oc1ccc(C(C)(C)CC)cc1C(C)(C)CC)C(=O)N(O)c1ccc(O)c(N)c1. The van der Waals surface area contributed by atoms with E-state index in [1.54, 1.807) is 0 Å². The lowest BCUT2D eigenvalue weighted by atomic mass is 9.76. The summed E-state index contributed by atoms with van der Waals surface area (Å²) in [6, 6.07) is 10.4. The van der Waals surface area contributed by atoms with Gasteiger partial charge in [0.05, 0.1) is 11.4 Å².